The van der Waals surface area contributed by atoms with E-state index in [9.17, 15) is 19.8 Å². The highest BCUT2D eigenvalue weighted by Crippen LogP contribution is 2.34. The molecule has 1 aliphatic heterocycles. The fourth-order valence-corrected chi connectivity index (χ4v) is 2.92. The maximum absolute atomic E-state index is 12.7. The summed E-state index contributed by atoms with van der Waals surface area (Å²) in [4.78, 5) is 26.0. The van der Waals surface area contributed by atoms with Crippen molar-refractivity contribution in [2.75, 3.05) is 7.11 Å². The molecule has 2 aromatic carbocycles. The zero-order chi connectivity index (χ0) is 21.4. The molecule has 0 radical (unpaired) electrons. The van der Waals surface area contributed by atoms with Gasteiger partial charge in [-0.15, -0.1) is 0 Å². The first-order valence-electron chi connectivity index (χ1n) is 9.12. The number of halogens is 1. The van der Waals surface area contributed by atoms with E-state index in [1.165, 1.54) is 18.1 Å². The third-order valence-corrected chi connectivity index (χ3v) is 4.27. The van der Waals surface area contributed by atoms with E-state index in [1.807, 2.05) is 33.8 Å². The Morgan fingerprint density at radius 1 is 1.00 bits per heavy atom. The number of carbonyl (C=O) groups is 2. The van der Waals surface area contributed by atoms with E-state index in [2.05, 4.69) is 0 Å². The standard InChI is InChI=1S/C17H14ClNO5.2C2H6/c1-24-17(23)10-4-2-3-9-7-19(8-12(9)10)16(22)11-5-13(18)15(21)6-14(11)20;2*1-2/h2-6,20-21H,7-8H2,1H3;2*1-2H3. The summed E-state index contributed by atoms with van der Waals surface area (Å²) in [6.07, 6.45) is 0. The van der Waals surface area contributed by atoms with Crippen LogP contribution < -0.4 is 0 Å². The Morgan fingerprint density at radius 2 is 1.64 bits per heavy atom. The van der Waals surface area contributed by atoms with Gasteiger partial charge in [-0.2, -0.15) is 0 Å². The van der Waals surface area contributed by atoms with Gasteiger partial charge in [0.1, 0.15) is 11.5 Å². The summed E-state index contributed by atoms with van der Waals surface area (Å²) in [5, 5.41) is 19.3. The smallest absolute Gasteiger partial charge is 0.338 e. The lowest BCUT2D eigenvalue weighted by Crippen LogP contribution is -2.25. The van der Waals surface area contributed by atoms with Crippen molar-refractivity contribution in [1.29, 1.82) is 0 Å². The number of hydrogen-bond acceptors (Lipinski definition) is 5. The average molecular weight is 408 g/mol. The van der Waals surface area contributed by atoms with E-state index in [4.69, 9.17) is 16.3 Å². The first kappa shape index (κ1) is 23.3. The van der Waals surface area contributed by atoms with Gasteiger partial charge in [0.05, 0.1) is 23.3 Å². The molecular weight excluding hydrogens is 382 g/mol. The molecule has 7 heteroatoms. The lowest BCUT2D eigenvalue weighted by Gasteiger charge is -2.17. The summed E-state index contributed by atoms with van der Waals surface area (Å²) in [6.45, 7) is 8.52. The van der Waals surface area contributed by atoms with Crippen LogP contribution in [0.2, 0.25) is 5.02 Å². The minimum atomic E-state index is -0.461. The Hall–Kier alpha value is -2.73. The maximum atomic E-state index is 12.7. The van der Waals surface area contributed by atoms with Gasteiger partial charge in [0.2, 0.25) is 0 Å². The minimum absolute atomic E-state index is 0.00905. The summed E-state index contributed by atoms with van der Waals surface area (Å²) in [5.41, 5.74) is 1.97. The molecule has 0 bridgehead atoms. The van der Waals surface area contributed by atoms with Gasteiger partial charge in [0, 0.05) is 19.2 Å². The number of esters is 1. The molecule has 0 aromatic heterocycles. The predicted molar refractivity (Wildman–Crippen MR) is 109 cm³/mol. The molecule has 0 spiro atoms. The lowest BCUT2D eigenvalue weighted by atomic mass is 10.0. The fourth-order valence-electron chi connectivity index (χ4n) is 2.76. The van der Waals surface area contributed by atoms with E-state index < -0.39 is 11.9 Å². The number of methoxy groups -OCH3 is 1. The number of carbonyl (C=O) groups excluding carboxylic acids is 2. The molecule has 0 aliphatic carbocycles. The van der Waals surface area contributed by atoms with Crippen molar-refractivity contribution in [1.82, 2.24) is 4.90 Å². The van der Waals surface area contributed by atoms with Crippen molar-refractivity contribution in [3.05, 3.63) is 57.6 Å². The van der Waals surface area contributed by atoms with E-state index in [-0.39, 0.29) is 28.6 Å². The number of fused-ring (bicyclic) bond motifs is 1. The van der Waals surface area contributed by atoms with Crippen molar-refractivity contribution >= 4 is 23.5 Å². The Morgan fingerprint density at radius 3 is 2.25 bits per heavy atom. The summed E-state index contributed by atoms with van der Waals surface area (Å²) < 4.78 is 4.76. The van der Waals surface area contributed by atoms with Gasteiger partial charge >= 0.3 is 5.97 Å². The van der Waals surface area contributed by atoms with Crippen LogP contribution in [0, 0.1) is 0 Å². The number of aromatic hydroxyl groups is 2. The molecule has 0 saturated heterocycles. The topological polar surface area (TPSA) is 87.1 Å². The summed E-state index contributed by atoms with van der Waals surface area (Å²) in [5.74, 6) is -1.56. The molecule has 2 N–H and O–H groups in total. The highest BCUT2D eigenvalue weighted by molar-refractivity contribution is 6.32. The molecule has 1 heterocycles. The van der Waals surface area contributed by atoms with Crippen LogP contribution in [0.5, 0.6) is 11.5 Å². The van der Waals surface area contributed by atoms with Crippen LogP contribution in [-0.2, 0) is 17.8 Å². The molecule has 152 valence electrons. The molecule has 0 atom stereocenters. The van der Waals surface area contributed by atoms with Crippen LogP contribution >= 0.6 is 11.6 Å². The fraction of sp³-hybridized carbons (Fsp3) is 0.333. The van der Waals surface area contributed by atoms with Gasteiger partial charge in [0.25, 0.3) is 5.91 Å². The molecule has 2 aromatic rings. The van der Waals surface area contributed by atoms with Crippen molar-refractivity contribution in [2.24, 2.45) is 0 Å². The largest absolute Gasteiger partial charge is 0.507 e. The minimum Gasteiger partial charge on any atom is -0.507 e. The van der Waals surface area contributed by atoms with E-state index in [1.54, 1.807) is 12.1 Å². The Kier molecular flexibility index (Phi) is 8.79. The second kappa shape index (κ2) is 10.6. The van der Waals surface area contributed by atoms with Gasteiger partial charge in [-0.1, -0.05) is 51.4 Å². The molecule has 0 unspecified atom stereocenters. The number of phenolic OH excluding ortho intramolecular Hbond substituents is 2. The second-order valence-electron chi connectivity index (χ2n) is 5.42. The van der Waals surface area contributed by atoms with Crippen molar-refractivity contribution in [3.63, 3.8) is 0 Å². The summed E-state index contributed by atoms with van der Waals surface area (Å²) >= 11 is 5.82. The maximum Gasteiger partial charge on any atom is 0.338 e. The van der Waals surface area contributed by atoms with Crippen molar-refractivity contribution < 1.29 is 24.5 Å². The third-order valence-electron chi connectivity index (χ3n) is 3.97. The number of benzene rings is 2. The normalized spacial score (nSPS) is 11.4. The number of rotatable bonds is 2. The van der Waals surface area contributed by atoms with Crippen LogP contribution in [0.15, 0.2) is 30.3 Å². The first-order chi connectivity index (χ1) is 13.4. The molecular formula is C21H26ClNO5. The Labute approximate surface area is 170 Å². The number of nitrogens with zero attached hydrogens (tertiary/aromatic N) is 1. The number of amides is 1. The number of hydrogen-bond donors (Lipinski definition) is 2. The van der Waals surface area contributed by atoms with E-state index in [0.29, 0.717) is 12.1 Å². The highest BCUT2D eigenvalue weighted by Gasteiger charge is 2.29. The Bertz CT molecular complexity index is 851. The van der Waals surface area contributed by atoms with Gasteiger partial charge in [-0.3, -0.25) is 4.79 Å². The van der Waals surface area contributed by atoms with Crippen LogP contribution in [0.25, 0.3) is 0 Å². The molecule has 1 aliphatic rings. The zero-order valence-corrected chi connectivity index (χ0v) is 17.5. The predicted octanol–water partition coefficient (Wildman–Crippen LogP) is 4.75. The monoisotopic (exact) mass is 407 g/mol. The van der Waals surface area contributed by atoms with Gasteiger partial charge in [-0.25, -0.2) is 4.79 Å². The van der Waals surface area contributed by atoms with Crippen LogP contribution in [-0.4, -0.2) is 34.1 Å². The van der Waals surface area contributed by atoms with Crippen LogP contribution in [0.4, 0.5) is 0 Å². The SMILES string of the molecule is CC.CC.COC(=O)c1cccc2c1CN(C(=O)c1cc(Cl)c(O)cc1O)C2. The highest BCUT2D eigenvalue weighted by atomic mass is 35.5. The third kappa shape index (κ3) is 4.75. The van der Waals surface area contributed by atoms with E-state index >= 15 is 0 Å². The average Bonchev–Trinajstić information content (AvgIpc) is 3.17. The van der Waals surface area contributed by atoms with Crippen molar-refractivity contribution in [2.45, 2.75) is 40.8 Å². The van der Waals surface area contributed by atoms with E-state index in [0.717, 1.165) is 17.2 Å². The van der Waals surface area contributed by atoms with Crippen molar-refractivity contribution in [3.8, 4) is 11.5 Å². The molecule has 0 fully saturated rings. The van der Waals surface area contributed by atoms with Crippen LogP contribution in [0.1, 0.15) is 59.5 Å². The summed E-state index contributed by atoms with van der Waals surface area (Å²) in [7, 11) is 1.30. The van der Waals surface area contributed by atoms with Gasteiger partial charge in [-0.05, 0) is 23.3 Å². The van der Waals surface area contributed by atoms with Crippen LogP contribution in [0.3, 0.4) is 0 Å². The zero-order valence-electron chi connectivity index (χ0n) is 16.7. The first-order valence-corrected chi connectivity index (χ1v) is 9.50. The quantitative estimate of drug-likeness (QED) is 0.701. The van der Waals surface area contributed by atoms with Gasteiger partial charge < -0.3 is 19.8 Å². The lowest BCUT2D eigenvalue weighted by molar-refractivity contribution is 0.0596. The summed E-state index contributed by atoms with van der Waals surface area (Å²) in [6, 6.07) is 7.46. The number of ether oxygens (including phenoxy) is 1. The molecule has 6 nitrogen and oxygen atoms in total. The number of phenols is 2. The molecule has 0 saturated carbocycles. The van der Waals surface area contributed by atoms with Gasteiger partial charge in [0.15, 0.2) is 0 Å². The molecule has 3 rings (SSSR count). The molecule has 1 amide bonds. The Balaban J connectivity index is 0.000000921. The molecule has 28 heavy (non-hydrogen) atoms. The second-order valence-corrected chi connectivity index (χ2v) is 5.82.